The van der Waals surface area contributed by atoms with Gasteiger partial charge in [0.25, 0.3) is 5.91 Å². The average Bonchev–Trinajstić information content (AvgIpc) is 2.98. The van der Waals surface area contributed by atoms with Gasteiger partial charge >= 0.3 is 10.8 Å². The number of nitro groups is 2. The van der Waals surface area contributed by atoms with Gasteiger partial charge in [-0.25, -0.2) is 14.5 Å². The molecule has 0 aliphatic heterocycles. The van der Waals surface area contributed by atoms with Crippen molar-refractivity contribution in [3.05, 3.63) is 38.4 Å². The molecular weight excluding hydrogens is 304 g/mol. The van der Waals surface area contributed by atoms with Crippen molar-refractivity contribution in [3.8, 4) is 0 Å². The van der Waals surface area contributed by atoms with Gasteiger partial charge in [-0.1, -0.05) is 0 Å². The molecule has 0 unspecified atom stereocenters. The second-order valence-corrected chi connectivity index (χ2v) is 4.82. The standard InChI is InChI=1S/C9H8N6O5S/c1-5-10-2-7(14(17)18)13(5)4-6(16)12-9-11-3-8(21-9)15(19)20/h2-3H,4H2,1H3,(H,11,12,16). The second kappa shape index (κ2) is 5.62. The van der Waals surface area contributed by atoms with Crippen LogP contribution in [0.5, 0.6) is 0 Å². The largest absolute Gasteiger partial charge is 0.358 e. The number of hydrogen-bond donors (Lipinski definition) is 1. The summed E-state index contributed by atoms with van der Waals surface area (Å²) in [5, 5.41) is 23.5. The number of aryl methyl sites for hydroxylation is 1. The maximum Gasteiger partial charge on any atom is 0.345 e. The van der Waals surface area contributed by atoms with Crippen molar-refractivity contribution >= 4 is 33.2 Å². The van der Waals surface area contributed by atoms with Crippen LogP contribution in [0.1, 0.15) is 5.82 Å². The number of nitrogens with one attached hydrogen (secondary N) is 1. The summed E-state index contributed by atoms with van der Waals surface area (Å²) in [7, 11) is 0. The van der Waals surface area contributed by atoms with Gasteiger partial charge in [0.1, 0.15) is 12.4 Å². The van der Waals surface area contributed by atoms with Gasteiger partial charge in [0, 0.05) is 6.92 Å². The highest BCUT2D eigenvalue weighted by Crippen LogP contribution is 2.25. The van der Waals surface area contributed by atoms with Crippen molar-refractivity contribution < 1.29 is 14.6 Å². The van der Waals surface area contributed by atoms with Gasteiger partial charge in [-0.05, 0) is 16.3 Å². The summed E-state index contributed by atoms with van der Waals surface area (Å²) in [6.07, 6.45) is 2.07. The van der Waals surface area contributed by atoms with Gasteiger partial charge in [-0.3, -0.25) is 20.2 Å². The van der Waals surface area contributed by atoms with Gasteiger partial charge in [-0.15, -0.1) is 0 Å². The summed E-state index contributed by atoms with van der Waals surface area (Å²) in [4.78, 5) is 39.2. The van der Waals surface area contributed by atoms with Crippen LogP contribution in [-0.4, -0.2) is 30.3 Å². The number of imidazole rings is 1. The third-order valence-electron chi connectivity index (χ3n) is 2.44. The summed E-state index contributed by atoms with van der Waals surface area (Å²) >= 11 is 0.696. The van der Waals surface area contributed by atoms with Crippen LogP contribution in [0.15, 0.2) is 12.4 Å². The second-order valence-electron chi connectivity index (χ2n) is 3.82. The lowest BCUT2D eigenvalue weighted by molar-refractivity contribution is -0.392. The Balaban J connectivity index is 2.09. The zero-order valence-corrected chi connectivity index (χ0v) is 11.4. The molecule has 2 rings (SSSR count). The quantitative estimate of drug-likeness (QED) is 0.642. The van der Waals surface area contributed by atoms with E-state index in [1.54, 1.807) is 0 Å². The number of carbonyl (C=O) groups is 1. The first kappa shape index (κ1) is 14.5. The van der Waals surface area contributed by atoms with E-state index < -0.39 is 15.8 Å². The molecule has 21 heavy (non-hydrogen) atoms. The number of nitrogens with zero attached hydrogens (tertiary/aromatic N) is 5. The van der Waals surface area contributed by atoms with Crippen LogP contribution in [-0.2, 0) is 11.3 Å². The number of anilines is 1. The van der Waals surface area contributed by atoms with Crippen LogP contribution >= 0.6 is 11.3 Å². The van der Waals surface area contributed by atoms with E-state index in [9.17, 15) is 25.0 Å². The summed E-state index contributed by atoms with van der Waals surface area (Å²) in [6.45, 7) is 1.18. The molecule has 0 atom stereocenters. The van der Waals surface area contributed by atoms with E-state index >= 15 is 0 Å². The minimum Gasteiger partial charge on any atom is -0.358 e. The molecule has 0 spiro atoms. The van der Waals surface area contributed by atoms with E-state index in [-0.39, 0.29) is 22.5 Å². The van der Waals surface area contributed by atoms with E-state index in [0.29, 0.717) is 17.2 Å². The van der Waals surface area contributed by atoms with Crippen LogP contribution in [0.2, 0.25) is 0 Å². The van der Waals surface area contributed by atoms with Crippen LogP contribution in [0, 0.1) is 27.2 Å². The van der Waals surface area contributed by atoms with Gasteiger partial charge in [-0.2, -0.15) is 0 Å². The molecule has 0 saturated carbocycles. The normalized spacial score (nSPS) is 10.3. The van der Waals surface area contributed by atoms with Crippen LogP contribution in [0.25, 0.3) is 0 Å². The van der Waals surface area contributed by atoms with Gasteiger partial charge in [0.15, 0.2) is 17.5 Å². The highest BCUT2D eigenvalue weighted by atomic mass is 32.1. The molecule has 0 saturated heterocycles. The molecule has 2 heterocycles. The predicted octanol–water partition coefficient (Wildman–Crippen LogP) is 1.10. The smallest absolute Gasteiger partial charge is 0.345 e. The number of amides is 1. The lowest BCUT2D eigenvalue weighted by Gasteiger charge is -2.02. The lowest BCUT2D eigenvalue weighted by atomic mass is 10.5. The van der Waals surface area contributed by atoms with Crippen molar-refractivity contribution in [3.63, 3.8) is 0 Å². The minimum atomic E-state index is -0.651. The molecule has 0 radical (unpaired) electrons. The highest BCUT2D eigenvalue weighted by molar-refractivity contribution is 7.18. The molecule has 12 heteroatoms. The fraction of sp³-hybridized carbons (Fsp3) is 0.222. The maximum absolute atomic E-state index is 11.8. The summed E-state index contributed by atoms with van der Waals surface area (Å²) in [5.74, 6) is -0.599. The van der Waals surface area contributed by atoms with E-state index in [1.165, 1.54) is 6.92 Å². The molecule has 11 nitrogen and oxygen atoms in total. The van der Waals surface area contributed by atoms with Crippen molar-refractivity contribution in [1.29, 1.82) is 0 Å². The number of aromatic nitrogens is 3. The Morgan fingerprint density at radius 2 is 2.05 bits per heavy atom. The molecular formula is C9H8N6O5S. The summed E-state index contributed by atoms with van der Waals surface area (Å²) < 4.78 is 1.12. The minimum absolute atomic E-state index is 0.0483. The fourth-order valence-electron chi connectivity index (χ4n) is 1.51. The Hall–Kier alpha value is -2.89. The zero-order chi connectivity index (χ0) is 15.6. The molecule has 2 aromatic heterocycles. The van der Waals surface area contributed by atoms with Gasteiger partial charge < -0.3 is 10.1 Å². The van der Waals surface area contributed by atoms with Crippen LogP contribution in [0.3, 0.4) is 0 Å². The monoisotopic (exact) mass is 312 g/mol. The first-order valence-electron chi connectivity index (χ1n) is 5.45. The third-order valence-corrected chi connectivity index (χ3v) is 3.31. The Bertz CT molecular complexity index is 722. The van der Waals surface area contributed by atoms with Crippen molar-refractivity contribution in [2.75, 3.05) is 5.32 Å². The third kappa shape index (κ3) is 3.17. The Morgan fingerprint density at radius 3 is 2.62 bits per heavy atom. The van der Waals surface area contributed by atoms with E-state index in [1.807, 2.05) is 0 Å². The molecule has 0 bridgehead atoms. The topological polar surface area (TPSA) is 146 Å². The molecule has 110 valence electrons. The van der Waals surface area contributed by atoms with Crippen molar-refractivity contribution in [1.82, 2.24) is 14.5 Å². The van der Waals surface area contributed by atoms with Crippen LogP contribution < -0.4 is 5.32 Å². The highest BCUT2D eigenvalue weighted by Gasteiger charge is 2.21. The average molecular weight is 312 g/mol. The lowest BCUT2D eigenvalue weighted by Crippen LogP contribution is -2.20. The Morgan fingerprint density at radius 1 is 1.33 bits per heavy atom. The number of hydrogen-bond acceptors (Lipinski definition) is 8. The SMILES string of the molecule is Cc1ncc([N+](=O)[O-])n1CC(=O)Nc1ncc([N+](=O)[O-])s1. The van der Waals surface area contributed by atoms with E-state index in [0.717, 1.165) is 17.0 Å². The summed E-state index contributed by atoms with van der Waals surface area (Å²) in [6, 6.07) is 0. The Labute approximate surface area is 120 Å². The van der Waals surface area contributed by atoms with E-state index in [4.69, 9.17) is 0 Å². The molecule has 0 aliphatic carbocycles. The first-order valence-corrected chi connectivity index (χ1v) is 6.26. The van der Waals surface area contributed by atoms with Gasteiger partial charge in [0.05, 0.1) is 4.92 Å². The number of carbonyl (C=O) groups excluding carboxylic acids is 1. The molecule has 2 aromatic rings. The molecule has 1 N–H and O–H groups in total. The molecule has 1 amide bonds. The summed E-state index contributed by atoms with van der Waals surface area (Å²) in [5.41, 5.74) is 0. The first-order chi connectivity index (χ1) is 9.88. The predicted molar refractivity (Wildman–Crippen MR) is 71.0 cm³/mol. The molecule has 0 aromatic carbocycles. The van der Waals surface area contributed by atoms with Crippen molar-refractivity contribution in [2.24, 2.45) is 0 Å². The number of thiazole rings is 1. The van der Waals surface area contributed by atoms with Gasteiger partial charge in [0.2, 0.25) is 0 Å². The number of rotatable bonds is 5. The van der Waals surface area contributed by atoms with Crippen LogP contribution in [0.4, 0.5) is 16.0 Å². The Kier molecular flexibility index (Phi) is 3.89. The molecule has 0 fully saturated rings. The molecule has 0 aliphatic rings. The zero-order valence-electron chi connectivity index (χ0n) is 10.5. The van der Waals surface area contributed by atoms with E-state index in [2.05, 4.69) is 15.3 Å². The fourth-order valence-corrected chi connectivity index (χ4v) is 2.16. The maximum atomic E-state index is 11.8. The van der Waals surface area contributed by atoms with Crippen molar-refractivity contribution in [2.45, 2.75) is 13.5 Å².